The van der Waals surface area contributed by atoms with Crippen molar-refractivity contribution >= 4 is 21.7 Å². The van der Waals surface area contributed by atoms with E-state index in [1.807, 2.05) is 67.6 Å². The highest BCUT2D eigenvalue weighted by Crippen LogP contribution is 2.22. The maximum atomic E-state index is 5.84. The molecule has 1 nitrogen and oxygen atoms in total. The molecule has 0 fully saturated rings. The molecular formula is C15H13BrO. The molecule has 2 heteroatoms. The first-order valence-electron chi connectivity index (χ1n) is 5.45. The first-order valence-corrected chi connectivity index (χ1v) is 6.24. The molecule has 0 bridgehead atoms. The minimum Gasteiger partial charge on any atom is -0.457 e. The zero-order valence-corrected chi connectivity index (χ0v) is 11.1. The van der Waals surface area contributed by atoms with Gasteiger partial charge in [-0.25, -0.2) is 0 Å². The van der Waals surface area contributed by atoms with E-state index in [0.29, 0.717) is 0 Å². The fourth-order valence-corrected chi connectivity index (χ4v) is 1.78. The molecule has 0 aliphatic carbocycles. The first-order chi connectivity index (χ1) is 8.29. The fraction of sp³-hybridized carbons (Fsp3) is 0.0667. The largest absolute Gasteiger partial charge is 0.457 e. The zero-order valence-electron chi connectivity index (χ0n) is 9.56. The van der Waals surface area contributed by atoms with Crippen molar-refractivity contribution in [2.75, 3.05) is 0 Å². The van der Waals surface area contributed by atoms with Gasteiger partial charge < -0.3 is 4.74 Å². The maximum absolute atomic E-state index is 5.84. The van der Waals surface area contributed by atoms with Gasteiger partial charge in [0.25, 0.3) is 0 Å². The Morgan fingerprint density at radius 2 is 1.65 bits per heavy atom. The van der Waals surface area contributed by atoms with Crippen LogP contribution in [0.5, 0.6) is 5.75 Å². The van der Waals surface area contributed by atoms with Crippen LogP contribution in [0.25, 0.3) is 5.76 Å². The van der Waals surface area contributed by atoms with Crippen molar-refractivity contribution in [1.29, 1.82) is 0 Å². The molecule has 0 saturated carbocycles. The number of hydrogen-bond donors (Lipinski definition) is 0. The number of rotatable bonds is 3. The van der Waals surface area contributed by atoms with Crippen LogP contribution in [-0.2, 0) is 0 Å². The summed E-state index contributed by atoms with van der Waals surface area (Å²) in [5, 5.41) is 0. The van der Waals surface area contributed by atoms with Gasteiger partial charge in [-0.1, -0.05) is 46.3 Å². The van der Waals surface area contributed by atoms with Gasteiger partial charge in [0.1, 0.15) is 11.5 Å². The molecule has 0 spiro atoms. The summed E-state index contributed by atoms with van der Waals surface area (Å²) in [6, 6.07) is 17.9. The molecule has 0 atom stereocenters. The van der Waals surface area contributed by atoms with Gasteiger partial charge in [0.05, 0.1) is 0 Å². The fourth-order valence-electron chi connectivity index (χ4n) is 1.52. The monoisotopic (exact) mass is 288 g/mol. The van der Waals surface area contributed by atoms with Crippen LogP contribution < -0.4 is 4.74 Å². The predicted octanol–water partition coefficient (Wildman–Crippen LogP) is 4.89. The van der Waals surface area contributed by atoms with Crippen molar-refractivity contribution in [3.63, 3.8) is 0 Å². The summed E-state index contributed by atoms with van der Waals surface area (Å²) in [6.07, 6.45) is 1.97. The van der Waals surface area contributed by atoms with E-state index in [0.717, 1.165) is 21.5 Å². The van der Waals surface area contributed by atoms with Gasteiger partial charge in [0, 0.05) is 10.0 Å². The summed E-state index contributed by atoms with van der Waals surface area (Å²) >= 11 is 3.40. The van der Waals surface area contributed by atoms with Crippen molar-refractivity contribution in [3.05, 3.63) is 70.7 Å². The van der Waals surface area contributed by atoms with E-state index in [1.165, 1.54) is 0 Å². The van der Waals surface area contributed by atoms with E-state index in [9.17, 15) is 0 Å². The van der Waals surface area contributed by atoms with Gasteiger partial charge >= 0.3 is 0 Å². The molecule has 2 rings (SSSR count). The Labute approximate surface area is 110 Å². The van der Waals surface area contributed by atoms with Crippen LogP contribution in [0.4, 0.5) is 0 Å². The summed E-state index contributed by atoms with van der Waals surface area (Å²) in [5.74, 6) is 1.71. The van der Waals surface area contributed by atoms with Crippen LogP contribution in [0.15, 0.2) is 65.1 Å². The van der Waals surface area contributed by atoms with E-state index in [4.69, 9.17) is 4.74 Å². The van der Waals surface area contributed by atoms with Crippen molar-refractivity contribution in [3.8, 4) is 5.75 Å². The van der Waals surface area contributed by atoms with E-state index in [2.05, 4.69) is 15.9 Å². The second-order valence-electron chi connectivity index (χ2n) is 3.57. The highest BCUT2D eigenvalue weighted by Gasteiger charge is 2.02. The zero-order chi connectivity index (χ0) is 12.1. The maximum Gasteiger partial charge on any atom is 0.130 e. The highest BCUT2D eigenvalue weighted by atomic mass is 79.9. The second-order valence-corrected chi connectivity index (χ2v) is 4.49. The second kappa shape index (κ2) is 5.69. The molecule has 0 aliphatic rings. The Balaban J connectivity index is 2.19. The van der Waals surface area contributed by atoms with Crippen molar-refractivity contribution < 1.29 is 4.74 Å². The predicted molar refractivity (Wildman–Crippen MR) is 74.9 cm³/mol. The molecular weight excluding hydrogens is 276 g/mol. The number of ether oxygens (including phenoxy) is 1. The van der Waals surface area contributed by atoms with Crippen LogP contribution in [0.2, 0.25) is 0 Å². The average Bonchev–Trinajstić information content (AvgIpc) is 2.39. The van der Waals surface area contributed by atoms with Crippen LogP contribution >= 0.6 is 15.9 Å². The van der Waals surface area contributed by atoms with Crippen LogP contribution in [0.1, 0.15) is 12.5 Å². The SMILES string of the molecule is CC=C(Oc1ccc(Br)cc1)c1ccccc1. The normalized spacial score (nSPS) is 11.3. The third-order valence-electron chi connectivity index (χ3n) is 2.36. The van der Waals surface area contributed by atoms with E-state index in [-0.39, 0.29) is 0 Å². The minimum absolute atomic E-state index is 0.838. The smallest absolute Gasteiger partial charge is 0.130 e. The average molecular weight is 289 g/mol. The Morgan fingerprint density at radius 1 is 1.00 bits per heavy atom. The molecule has 0 aromatic heterocycles. The van der Waals surface area contributed by atoms with Gasteiger partial charge in [0.2, 0.25) is 0 Å². The number of halogens is 1. The summed E-state index contributed by atoms with van der Waals surface area (Å²) < 4.78 is 6.89. The Kier molecular flexibility index (Phi) is 3.99. The van der Waals surface area contributed by atoms with Gasteiger partial charge in [-0.2, -0.15) is 0 Å². The summed E-state index contributed by atoms with van der Waals surface area (Å²) in [4.78, 5) is 0. The molecule has 0 aliphatic heterocycles. The quantitative estimate of drug-likeness (QED) is 0.731. The molecule has 86 valence electrons. The number of allylic oxidation sites excluding steroid dienone is 1. The van der Waals surface area contributed by atoms with Crippen molar-refractivity contribution in [1.82, 2.24) is 0 Å². The van der Waals surface area contributed by atoms with Crippen molar-refractivity contribution in [2.24, 2.45) is 0 Å². The molecule has 0 amide bonds. The standard InChI is InChI=1S/C15H13BrO/c1-2-15(12-6-4-3-5-7-12)17-14-10-8-13(16)9-11-14/h2-11H,1H3. The third-order valence-corrected chi connectivity index (χ3v) is 2.89. The van der Waals surface area contributed by atoms with Crippen LogP contribution in [0, 0.1) is 0 Å². The molecule has 0 heterocycles. The summed E-state index contributed by atoms with van der Waals surface area (Å²) in [7, 11) is 0. The van der Waals surface area contributed by atoms with Gasteiger partial charge in [-0.15, -0.1) is 0 Å². The first kappa shape index (κ1) is 11.9. The summed E-state index contributed by atoms with van der Waals surface area (Å²) in [6.45, 7) is 1.97. The molecule has 0 N–H and O–H groups in total. The minimum atomic E-state index is 0.838. The molecule has 2 aromatic rings. The highest BCUT2D eigenvalue weighted by molar-refractivity contribution is 9.10. The molecule has 2 aromatic carbocycles. The van der Waals surface area contributed by atoms with Gasteiger partial charge in [0.15, 0.2) is 0 Å². The Bertz CT molecular complexity index is 500. The molecule has 0 saturated heterocycles. The lowest BCUT2D eigenvalue weighted by molar-refractivity contribution is 0.514. The molecule has 0 unspecified atom stereocenters. The van der Waals surface area contributed by atoms with Gasteiger partial charge in [-0.3, -0.25) is 0 Å². The van der Waals surface area contributed by atoms with E-state index in [1.54, 1.807) is 0 Å². The lowest BCUT2D eigenvalue weighted by Gasteiger charge is -2.09. The lowest BCUT2D eigenvalue weighted by atomic mass is 10.2. The molecule has 0 radical (unpaired) electrons. The molecule has 17 heavy (non-hydrogen) atoms. The summed E-state index contributed by atoms with van der Waals surface area (Å²) in [5.41, 5.74) is 1.08. The number of hydrogen-bond acceptors (Lipinski definition) is 1. The Morgan fingerprint density at radius 3 is 2.24 bits per heavy atom. The van der Waals surface area contributed by atoms with E-state index >= 15 is 0 Å². The number of benzene rings is 2. The van der Waals surface area contributed by atoms with Crippen molar-refractivity contribution in [2.45, 2.75) is 6.92 Å². The van der Waals surface area contributed by atoms with Gasteiger partial charge in [-0.05, 0) is 37.3 Å². The Hall–Kier alpha value is -1.54. The third kappa shape index (κ3) is 3.21. The topological polar surface area (TPSA) is 9.23 Å². The van der Waals surface area contributed by atoms with Crippen LogP contribution in [-0.4, -0.2) is 0 Å². The van der Waals surface area contributed by atoms with Crippen LogP contribution in [0.3, 0.4) is 0 Å². The lowest BCUT2D eigenvalue weighted by Crippen LogP contribution is -1.94. The van der Waals surface area contributed by atoms with E-state index < -0.39 is 0 Å².